The van der Waals surface area contributed by atoms with E-state index in [4.69, 9.17) is 0 Å². The number of rotatable bonds is 12. The van der Waals surface area contributed by atoms with Gasteiger partial charge in [-0.3, -0.25) is 14.4 Å². The Morgan fingerprint density at radius 3 is 1.96 bits per heavy atom. The van der Waals surface area contributed by atoms with E-state index in [2.05, 4.69) is 53.5 Å². The molecule has 51 heavy (non-hydrogen) atoms. The topological polar surface area (TPSA) is 93.2 Å². The van der Waals surface area contributed by atoms with Crippen LogP contribution in [0.15, 0.2) is 91.0 Å². The SMILES string of the molecule is CC1(CCN2CCC[C@@H](CNC(=O)[C@H]3CCCN3C(=O)[C@@H]3C[C@@H](O)CN3C(=O)CC(c3ccccc3)(c3ccccc3)c3ccccc3)C2)CC1. The number of carbonyl (C=O) groups is 3. The van der Waals surface area contributed by atoms with Crippen LogP contribution in [0.3, 0.4) is 0 Å². The summed E-state index contributed by atoms with van der Waals surface area (Å²) in [5.74, 6) is -0.118. The molecule has 0 unspecified atom stereocenters. The van der Waals surface area contributed by atoms with Crippen LogP contribution < -0.4 is 5.32 Å². The zero-order valence-electron chi connectivity index (χ0n) is 30.1. The maximum Gasteiger partial charge on any atom is 0.246 e. The molecule has 7 rings (SSSR count). The van der Waals surface area contributed by atoms with Crippen molar-refractivity contribution in [1.82, 2.24) is 20.0 Å². The number of benzene rings is 3. The van der Waals surface area contributed by atoms with Crippen molar-refractivity contribution >= 4 is 17.7 Å². The summed E-state index contributed by atoms with van der Waals surface area (Å²) in [7, 11) is 0. The van der Waals surface area contributed by atoms with Crippen molar-refractivity contribution in [2.75, 3.05) is 39.3 Å². The highest BCUT2D eigenvalue weighted by Gasteiger charge is 2.47. The van der Waals surface area contributed by atoms with Crippen LogP contribution in [0.2, 0.25) is 0 Å². The molecule has 4 aliphatic rings. The first kappa shape index (κ1) is 35.4. The van der Waals surface area contributed by atoms with E-state index in [1.54, 1.807) is 9.80 Å². The lowest BCUT2D eigenvalue weighted by atomic mass is 9.67. The lowest BCUT2D eigenvalue weighted by Gasteiger charge is -2.38. The molecule has 3 aliphatic heterocycles. The zero-order valence-corrected chi connectivity index (χ0v) is 30.1. The molecule has 8 nitrogen and oxygen atoms in total. The van der Waals surface area contributed by atoms with Gasteiger partial charge in [0, 0.05) is 39.0 Å². The summed E-state index contributed by atoms with van der Waals surface area (Å²) in [5.41, 5.74) is 2.67. The van der Waals surface area contributed by atoms with E-state index < -0.39 is 23.6 Å². The predicted octanol–water partition coefficient (Wildman–Crippen LogP) is 5.38. The van der Waals surface area contributed by atoms with Gasteiger partial charge >= 0.3 is 0 Å². The summed E-state index contributed by atoms with van der Waals surface area (Å²) >= 11 is 0. The van der Waals surface area contributed by atoms with Crippen molar-refractivity contribution in [3.05, 3.63) is 108 Å². The number of piperidine rings is 1. The average molecular weight is 691 g/mol. The number of β-amino-alcohol motifs (C(OH)–C–C–N with tert-alkyl or cyclic N) is 1. The molecule has 0 spiro atoms. The second-order valence-corrected chi connectivity index (χ2v) is 15.9. The molecule has 1 saturated carbocycles. The van der Waals surface area contributed by atoms with Crippen LogP contribution in [0.5, 0.6) is 0 Å². The Morgan fingerprint density at radius 2 is 1.37 bits per heavy atom. The molecule has 1 aliphatic carbocycles. The molecule has 3 amide bonds. The van der Waals surface area contributed by atoms with Crippen LogP contribution in [0, 0.1) is 11.3 Å². The minimum atomic E-state index is -0.818. The van der Waals surface area contributed by atoms with Gasteiger partial charge in [-0.05, 0) is 86.1 Å². The molecule has 4 atom stereocenters. The van der Waals surface area contributed by atoms with Crippen molar-refractivity contribution in [2.24, 2.45) is 11.3 Å². The van der Waals surface area contributed by atoms with Gasteiger partial charge in [-0.15, -0.1) is 0 Å². The number of nitrogens with zero attached hydrogens (tertiary/aromatic N) is 3. The maximum atomic E-state index is 14.6. The highest BCUT2D eigenvalue weighted by Crippen LogP contribution is 2.48. The van der Waals surface area contributed by atoms with Crippen LogP contribution in [0.1, 0.15) is 81.4 Å². The molecule has 270 valence electrons. The maximum absolute atomic E-state index is 14.6. The molecule has 3 saturated heterocycles. The predicted molar refractivity (Wildman–Crippen MR) is 199 cm³/mol. The number of hydrogen-bond acceptors (Lipinski definition) is 5. The summed E-state index contributed by atoms with van der Waals surface area (Å²) in [5, 5.41) is 14.1. The summed E-state index contributed by atoms with van der Waals surface area (Å²) in [6.07, 6.45) is 6.99. The highest BCUT2D eigenvalue weighted by atomic mass is 16.3. The van der Waals surface area contributed by atoms with E-state index in [1.807, 2.05) is 54.6 Å². The van der Waals surface area contributed by atoms with E-state index in [1.165, 1.54) is 19.3 Å². The van der Waals surface area contributed by atoms with Gasteiger partial charge in [0.15, 0.2) is 0 Å². The molecule has 3 heterocycles. The highest BCUT2D eigenvalue weighted by molar-refractivity contribution is 5.93. The standard InChI is InChI=1S/C43H54N4O4/c1-42(21-22-42)23-26-45-24-11-13-32(30-45)29-44-40(50)37-20-12-25-46(37)41(51)38-27-36(48)31-47(38)39(49)28-43(33-14-5-2-6-15-33,34-16-7-3-8-17-34)35-18-9-4-10-19-35/h2-10,14-19,32,36-38,48H,11-13,20-31H2,1H3,(H,44,50)/t32-,36+,37+,38-/m0/s1. The number of nitrogens with one attached hydrogen (secondary N) is 1. The van der Waals surface area contributed by atoms with Gasteiger partial charge in [0.2, 0.25) is 17.7 Å². The molecule has 0 bridgehead atoms. The van der Waals surface area contributed by atoms with Crippen molar-refractivity contribution in [3.63, 3.8) is 0 Å². The molecule has 2 N–H and O–H groups in total. The number of hydrogen-bond donors (Lipinski definition) is 2. The number of aliphatic hydroxyl groups excluding tert-OH is 1. The molecule has 3 aromatic carbocycles. The molecular formula is C43H54N4O4. The van der Waals surface area contributed by atoms with Gasteiger partial charge in [-0.25, -0.2) is 0 Å². The first-order valence-corrected chi connectivity index (χ1v) is 19.2. The van der Waals surface area contributed by atoms with E-state index in [9.17, 15) is 19.5 Å². The summed E-state index contributed by atoms with van der Waals surface area (Å²) in [4.78, 5) is 48.5. The molecule has 8 heteroatoms. The van der Waals surface area contributed by atoms with Gasteiger partial charge < -0.3 is 25.1 Å². The van der Waals surface area contributed by atoms with E-state index >= 15 is 0 Å². The summed E-state index contributed by atoms with van der Waals surface area (Å²) < 4.78 is 0. The summed E-state index contributed by atoms with van der Waals surface area (Å²) in [6.45, 7) is 6.86. The average Bonchev–Trinajstić information content (AvgIpc) is 3.51. The Morgan fingerprint density at radius 1 is 0.784 bits per heavy atom. The lowest BCUT2D eigenvalue weighted by molar-refractivity contribution is -0.146. The number of likely N-dealkylation sites (tertiary alicyclic amines) is 3. The van der Waals surface area contributed by atoms with Crippen molar-refractivity contribution < 1.29 is 19.5 Å². The minimum absolute atomic E-state index is 0.0864. The summed E-state index contributed by atoms with van der Waals surface area (Å²) in [6, 6.07) is 28.8. The third-order valence-corrected chi connectivity index (χ3v) is 12.2. The van der Waals surface area contributed by atoms with E-state index in [0.29, 0.717) is 30.8 Å². The number of carbonyl (C=O) groups excluding carboxylic acids is 3. The lowest BCUT2D eigenvalue weighted by Crippen LogP contribution is -2.54. The van der Waals surface area contributed by atoms with Gasteiger partial charge in [0.1, 0.15) is 12.1 Å². The number of aliphatic hydroxyl groups is 1. The van der Waals surface area contributed by atoms with Crippen LogP contribution in [0.25, 0.3) is 0 Å². The van der Waals surface area contributed by atoms with Crippen LogP contribution >= 0.6 is 0 Å². The molecular weight excluding hydrogens is 636 g/mol. The zero-order chi connectivity index (χ0) is 35.4. The van der Waals surface area contributed by atoms with E-state index in [0.717, 1.165) is 55.6 Å². The Hall–Kier alpha value is -4.01. The van der Waals surface area contributed by atoms with Gasteiger partial charge in [-0.2, -0.15) is 0 Å². The Balaban J connectivity index is 1.06. The van der Waals surface area contributed by atoms with E-state index in [-0.39, 0.29) is 37.1 Å². The van der Waals surface area contributed by atoms with Gasteiger partial charge in [0.25, 0.3) is 0 Å². The fraction of sp³-hybridized carbons (Fsp3) is 0.512. The van der Waals surface area contributed by atoms with Crippen molar-refractivity contribution in [3.8, 4) is 0 Å². The second kappa shape index (κ2) is 15.3. The smallest absolute Gasteiger partial charge is 0.246 e. The molecule has 0 aromatic heterocycles. The second-order valence-electron chi connectivity index (χ2n) is 15.9. The first-order chi connectivity index (χ1) is 24.8. The Kier molecular flexibility index (Phi) is 10.6. The van der Waals surface area contributed by atoms with Crippen LogP contribution in [0.4, 0.5) is 0 Å². The third kappa shape index (κ3) is 7.77. The first-order valence-electron chi connectivity index (χ1n) is 19.2. The largest absolute Gasteiger partial charge is 0.391 e. The van der Waals surface area contributed by atoms with Crippen molar-refractivity contribution in [1.29, 1.82) is 0 Å². The van der Waals surface area contributed by atoms with Crippen LogP contribution in [-0.4, -0.2) is 95.0 Å². The Bertz CT molecular complexity index is 1550. The molecule has 4 fully saturated rings. The fourth-order valence-electron chi connectivity index (χ4n) is 8.90. The fourth-order valence-corrected chi connectivity index (χ4v) is 8.90. The van der Waals surface area contributed by atoms with Crippen LogP contribution in [-0.2, 0) is 19.8 Å². The monoisotopic (exact) mass is 690 g/mol. The Labute approximate surface area is 303 Å². The molecule has 3 aromatic rings. The van der Waals surface area contributed by atoms with Crippen molar-refractivity contribution in [2.45, 2.75) is 88.3 Å². The third-order valence-electron chi connectivity index (χ3n) is 12.2. The normalized spacial score (nSPS) is 24.7. The van der Waals surface area contributed by atoms with Gasteiger partial charge in [-0.1, -0.05) is 97.9 Å². The molecule has 0 radical (unpaired) electrons. The number of amides is 3. The minimum Gasteiger partial charge on any atom is -0.391 e. The van der Waals surface area contributed by atoms with Gasteiger partial charge in [0.05, 0.1) is 11.5 Å². The quantitative estimate of drug-likeness (QED) is 0.249.